The lowest BCUT2D eigenvalue weighted by atomic mass is 10.2. The molecule has 2 aromatic rings. The van der Waals surface area contributed by atoms with Gasteiger partial charge in [0.15, 0.2) is 0 Å². The summed E-state index contributed by atoms with van der Waals surface area (Å²) in [4.78, 5) is 21.3. The van der Waals surface area contributed by atoms with Crippen molar-refractivity contribution in [2.24, 2.45) is 0 Å². The molecule has 0 radical (unpaired) electrons. The highest BCUT2D eigenvalue weighted by Gasteiger charge is 2.03. The Labute approximate surface area is 119 Å². The number of nitrogens with one attached hydrogen (secondary N) is 2. The Bertz CT molecular complexity index is 608. The molecule has 0 spiro atoms. The van der Waals surface area contributed by atoms with E-state index >= 15 is 0 Å². The lowest BCUT2D eigenvalue weighted by molar-refractivity contribution is 0.340. The predicted octanol–water partition coefficient (Wildman–Crippen LogP) is 2.07. The molecule has 20 heavy (non-hydrogen) atoms. The summed E-state index contributed by atoms with van der Waals surface area (Å²) in [5, 5.41) is 3.80. The number of H-pyrrole nitrogens is 1. The molecule has 1 heterocycles. The van der Waals surface area contributed by atoms with E-state index in [1.807, 2.05) is 18.2 Å². The van der Waals surface area contributed by atoms with Crippen LogP contribution in [0, 0.1) is 0 Å². The Balaban J connectivity index is 1.95. The quantitative estimate of drug-likeness (QED) is 0.811. The fourth-order valence-electron chi connectivity index (χ4n) is 2.08. The van der Waals surface area contributed by atoms with E-state index < -0.39 is 0 Å². The van der Waals surface area contributed by atoms with Gasteiger partial charge in [-0.2, -0.15) is 0 Å². The molecule has 0 saturated heterocycles. The van der Waals surface area contributed by atoms with Crippen molar-refractivity contribution in [1.29, 1.82) is 0 Å². The van der Waals surface area contributed by atoms with Crippen LogP contribution in [-0.4, -0.2) is 41.5 Å². The minimum atomic E-state index is -0.0996. The van der Waals surface area contributed by atoms with Crippen molar-refractivity contribution in [2.45, 2.75) is 19.8 Å². The van der Waals surface area contributed by atoms with Crippen LogP contribution in [0.1, 0.15) is 19.8 Å². The van der Waals surface area contributed by atoms with Crippen molar-refractivity contribution in [3.63, 3.8) is 0 Å². The standard InChI is InChI=1S/C15H22N4O/c1-3-4-10-19(2)11-9-16-15-17-13-8-6-5-7-12(13)14(20)18-15/h5-8H,3-4,9-11H2,1-2H3,(H2,16,17,18,20). The molecule has 0 aliphatic carbocycles. The van der Waals surface area contributed by atoms with E-state index in [-0.39, 0.29) is 5.56 Å². The lowest BCUT2D eigenvalue weighted by Crippen LogP contribution is -2.27. The summed E-state index contributed by atoms with van der Waals surface area (Å²) in [6, 6.07) is 7.36. The van der Waals surface area contributed by atoms with E-state index in [9.17, 15) is 4.79 Å². The zero-order chi connectivity index (χ0) is 14.4. The largest absolute Gasteiger partial charge is 0.354 e. The summed E-state index contributed by atoms with van der Waals surface area (Å²) >= 11 is 0. The number of para-hydroxylation sites is 1. The van der Waals surface area contributed by atoms with Gasteiger partial charge in [-0.25, -0.2) is 4.98 Å². The highest BCUT2D eigenvalue weighted by atomic mass is 16.1. The summed E-state index contributed by atoms with van der Waals surface area (Å²) in [5.74, 6) is 0.539. The van der Waals surface area contributed by atoms with Crippen LogP contribution >= 0.6 is 0 Å². The van der Waals surface area contributed by atoms with E-state index in [2.05, 4.69) is 34.2 Å². The van der Waals surface area contributed by atoms with Gasteiger partial charge in [0.05, 0.1) is 10.9 Å². The van der Waals surface area contributed by atoms with Gasteiger partial charge in [0, 0.05) is 13.1 Å². The van der Waals surface area contributed by atoms with E-state index in [0.717, 1.165) is 25.2 Å². The van der Waals surface area contributed by atoms with Crippen LogP contribution in [0.2, 0.25) is 0 Å². The highest BCUT2D eigenvalue weighted by molar-refractivity contribution is 5.78. The minimum Gasteiger partial charge on any atom is -0.354 e. The Kier molecular flexibility index (Phi) is 5.12. The fraction of sp³-hybridized carbons (Fsp3) is 0.467. The van der Waals surface area contributed by atoms with Crippen molar-refractivity contribution >= 4 is 16.9 Å². The number of likely N-dealkylation sites (N-methyl/N-ethyl adjacent to an activating group) is 1. The molecular weight excluding hydrogens is 252 g/mol. The highest BCUT2D eigenvalue weighted by Crippen LogP contribution is 2.07. The predicted molar refractivity (Wildman–Crippen MR) is 83.3 cm³/mol. The molecule has 0 amide bonds. The van der Waals surface area contributed by atoms with E-state index in [4.69, 9.17) is 0 Å². The molecule has 0 atom stereocenters. The zero-order valence-electron chi connectivity index (χ0n) is 12.1. The molecule has 0 aliphatic heterocycles. The average Bonchev–Trinajstić information content (AvgIpc) is 2.45. The molecule has 0 fully saturated rings. The first-order valence-corrected chi connectivity index (χ1v) is 7.12. The number of aromatic nitrogens is 2. The molecule has 2 rings (SSSR count). The molecule has 0 saturated carbocycles. The maximum Gasteiger partial charge on any atom is 0.260 e. The van der Waals surface area contributed by atoms with E-state index in [1.54, 1.807) is 6.07 Å². The molecule has 5 nitrogen and oxygen atoms in total. The second-order valence-corrected chi connectivity index (χ2v) is 5.02. The Morgan fingerprint density at radius 1 is 1.30 bits per heavy atom. The third-order valence-corrected chi connectivity index (χ3v) is 3.29. The van der Waals surface area contributed by atoms with Crippen LogP contribution < -0.4 is 10.9 Å². The van der Waals surface area contributed by atoms with Crippen LogP contribution in [0.3, 0.4) is 0 Å². The van der Waals surface area contributed by atoms with Gasteiger partial charge >= 0.3 is 0 Å². The minimum absolute atomic E-state index is 0.0996. The van der Waals surface area contributed by atoms with Crippen LogP contribution in [0.4, 0.5) is 5.95 Å². The summed E-state index contributed by atoms with van der Waals surface area (Å²) < 4.78 is 0. The van der Waals surface area contributed by atoms with Crippen molar-refractivity contribution in [1.82, 2.24) is 14.9 Å². The van der Waals surface area contributed by atoms with Gasteiger partial charge in [0.25, 0.3) is 5.56 Å². The fourth-order valence-corrected chi connectivity index (χ4v) is 2.08. The van der Waals surface area contributed by atoms with Crippen LogP contribution in [-0.2, 0) is 0 Å². The first-order valence-electron chi connectivity index (χ1n) is 7.12. The third kappa shape index (κ3) is 3.81. The van der Waals surface area contributed by atoms with Gasteiger partial charge in [-0.1, -0.05) is 25.5 Å². The number of hydrogen-bond acceptors (Lipinski definition) is 4. The monoisotopic (exact) mass is 274 g/mol. The number of rotatable bonds is 7. The maximum absolute atomic E-state index is 11.9. The molecule has 2 N–H and O–H groups in total. The molecule has 1 aromatic carbocycles. The zero-order valence-corrected chi connectivity index (χ0v) is 12.1. The molecular formula is C15H22N4O. The van der Waals surface area contributed by atoms with Crippen LogP contribution in [0.15, 0.2) is 29.1 Å². The van der Waals surface area contributed by atoms with Crippen molar-refractivity contribution in [3.8, 4) is 0 Å². The van der Waals surface area contributed by atoms with Gasteiger partial charge in [0.2, 0.25) is 5.95 Å². The van der Waals surface area contributed by atoms with Gasteiger partial charge in [0.1, 0.15) is 0 Å². The molecule has 5 heteroatoms. The molecule has 1 aromatic heterocycles. The summed E-state index contributed by atoms with van der Waals surface area (Å²) in [6.45, 7) is 4.98. The Morgan fingerprint density at radius 2 is 2.10 bits per heavy atom. The Hall–Kier alpha value is -1.88. The first-order chi connectivity index (χ1) is 9.70. The number of unbranched alkanes of at least 4 members (excludes halogenated alkanes) is 1. The molecule has 0 aliphatic rings. The van der Waals surface area contributed by atoms with E-state index in [1.165, 1.54) is 12.8 Å². The Morgan fingerprint density at radius 3 is 2.90 bits per heavy atom. The van der Waals surface area contributed by atoms with Gasteiger partial charge < -0.3 is 10.2 Å². The summed E-state index contributed by atoms with van der Waals surface area (Å²) in [7, 11) is 2.11. The normalized spacial score (nSPS) is 11.2. The smallest absolute Gasteiger partial charge is 0.260 e. The molecule has 0 unspecified atom stereocenters. The van der Waals surface area contributed by atoms with Crippen molar-refractivity contribution < 1.29 is 0 Å². The SMILES string of the molecule is CCCCN(C)CCNc1nc2ccccc2c(=O)[nH]1. The third-order valence-electron chi connectivity index (χ3n) is 3.29. The first kappa shape index (κ1) is 14.5. The topological polar surface area (TPSA) is 61.0 Å². The second-order valence-electron chi connectivity index (χ2n) is 5.02. The average molecular weight is 274 g/mol. The number of fused-ring (bicyclic) bond motifs is 1. The van der Waals surface area contributed by atoms with Gasteiger partial charge in [-0.3, -0.25) is 9.78 Å². The lowest BCUT2D eigenvalue weighted by Gasteiger charge is -2.16. The van der Waals surface area contributed by atoms with Crippen molar-refractivity contribution in [2.75, 3.05) is 32.0 Å². The second kappa shape index (κ2) is 7.05. The number of aromatic amines is 1. The number of anilines is 1. The number of nitrogens with zero attached hydrogens (tertiary/aromatic N) is 2. The summed E-state index contributed by atoms with van der Waals surface area (Å²) in [5.41, 5.74) is 0.621. The summed E-state index contributed by atoms with van der Waals surface area (Å²) in [6.07, 6.45) is 2.42. The van der Waals surface area contributed by atoms with Gasteiger partial charge in [-0.05, 0) is 32.1 Å². The van der Waals surface area contributed by atoms with Crippen LogP contribution in [0.25, 0.3) is 10.9 Å². The number of benzene rings is 1. The van der Waals surface area contributed by atoms with E-state index in [0.29, 0.717) is 11.3 Å². The molecule has 108 valence electrons. The number of hydrogen-bond donors (Lipinski definition) is 2. The molecule has 0 bridgehead atoms. The van der Waals surface area contributed by atoms with Crippen molar-refractivity contribution in [3.05, 3.63) is 34.6 Å². The van der Waals surface area contributed by atoms with Gasteiger partial charge in [-0.15, -0.1) is 0 Å². The van der Waals surface area contributed by atoms with Crippen LogP contribution in [0.5, 0.6) is 0 Å². The maximum atomic E-state index is 11.9.